The smallest absolute Gasteiger partial charge is 0.248 e. The fourth-order valence-electron chi connectivity index (χ4n) is 5.19. The van der Waals surface area contributed by atoms with E-state index < -0.39 is 0 Å². The van der Waals surface area contributed by atoms with Crippen molar-refractivity contribution in [2.45, 2.75) is 50.6 Å². The Hall–Kier alpha value is -1.39. The lowest BCUT2D eigenvalue weighted by molar-refractivity contribution is -0.140. The molecule has 0 aliphatic carbocycles. The lowest BCUT2D eigenvalue weighted by Gasteiger charge is -2.51. The normalized spacial score (nSPS) is 33.5. The van der Waals surface area contributed by atoms with Gasteiger partial charge in [0.1, 0.15) is 6.61 Å². The zero-order valence-corrected chi connectivity index (χ0v) is 15.3. The van der Waals surface area contributed by atoms with Crippen molar-refractivity contribution in [3.8, 4) is 0 Å². The summed E-state index contributed by atoms with van der Waals surface area (Å²) in [6.45, 7) is 6.34. The molecule has 4 fully saturated rings. The van der Waals surface area contributed by atoms with Crippen LogP contribution in [0, 0.1) is 5.92 Å². The number of carbonyl (C=O) groups excluding carboxylic acids is 1. The average molecular weight is 342 g/mol. The standard InChI is InChI=1S/C21H30N2O2/c1-2-3-13-25-15-19(24)23-14-18(16-7-5-4-6-8-16)21-20(23)17-9-11-22(21)12-10-17/h4-8,17-18,20-21H,2-3,9-15H2,1H3/t18-,20+,21+/m0/s1. The minimum Gasteiger partial charge on any atom is -0.372 e. The van der Waals surface area contributed by atoms with E-state index in [4.69, 9.17) is 4.74 Å². The van der Waals surface area contributed by atoms with E-state index in [1.54, 1.807) is 0 Å². The number of amides is 1. The first-order valence-corrected chi connectivity index (χ1v) is 9.95. The summed E-state index contributed by atoms with van der Waals surface area (Å²) in [6, 6.07) is 11.7. The van der Waals surface area contributed by atoms with Gasteiger partial charge in [0.25, 0.3) is 0 Å². The average Bonchev–Trinajstić information content (AvgIpc) is 3.10. The number of nitrogens with zero attached hydrogens (tertiary/aromatic N) is 2. The first-order valence-electron chi connectivity index (χ1n) is 9.95. The van der Waals surface area contributed by atoms with E-state index in [-0.39, 0.29) is 12.5 Å². The van der Waals surface area contributed by atoms with Gasteiger partial charge in [0.15, 0.2) is 0 Å². The van der Waals surface area contributed by atoms with E-state index in [1.165, 1.54) is 31.5 Å². The predicted molar refractivity (Wildman–Crippen MR) is 98.5 cm³/mol. The van der Waals surface area contributed by atoms with E-state index in [0.717, 1.165) is 19.4 Å². The summed E-state index contributed by atoms with van der Waals surface area (Å²) in [5.41, 5.74) is 1.38. The zero-order chi connectivity index (χ0) is 17.2. The first kappa shape index (κ1) is 17.0. The molecule has 4 aliphatic rings. The number of hydrogen-bond donors (Lipinski definition) is 0. The van der Waals surface area contributed by atoms with Crippen molar-refractivity contribution in [1.82, 2.24) is 9.80 Å². The number of likely N-dealkylation sites (tertiary alicyclic amines) is 1. The van der Waals surface area contributed by atoms with Gasteiger partial charge in [-0.3, -0.25) is 9.69 Å². The number of hydrogen-bond acceptors (Lipinski definition) is 3. The minimum absolute atomic E-state index is 0.193. The Morgan fingerprint density at radius 2 is 1.92 bits per heavy atom. The molecule has 4 nitrogen and oxygen atoms in total. The number of benzene rings is 1. The molecule has 0 saturated carbocycles. The molecule has 4 heterocycles. The topological polar surface area (TPSA) is 32.8 Å². The molecule has 2 bridgehead atoms. The number of rotatable bonds is 6. The van der Waals surface area contributed by atoms with Crippen LogP contribution in [-0.4, -0.2) is 60.6 Å². The Kier molecular flexibility index (Phi) is 5.09. The monoisotopic (exact) mass is 342 g/mol. The summed E-state index contributed by atoms with van der Waals surface area (Å²) in [4.78, 5) is 17.7. The van der Waals surface area contributed by atoms with Crippen molar-refractivity contribution in [1.29, 1.82) is 0 Å². The predicted octanol–water partition coefficient (Wildman–Crippen LogP) is 2.89. The summed E-state index contributed by atoms with van der Waals surface area (Å²) in [5.74, 6) is 1.30. The molecule has 25 heavy (non-hydrogen) atoms. The van der Waals surface area contributed by atoms with Crippen molar-refractivity contribution in [2.24, 2.45) is 5.92 Å². The third-order valence-corrected chi connectivity index (χ3v) is 6.41. The molecule has 3 atom stereocenters. The highest BCUT2D eigenvalue weighted by atomic mass is 16.5. The number of unbranched alkanes of at least 4 members (excludes halogenated alkanes) is 1. The third-order valence-electron chi connectivity index (χ3n) is 6.41. The summed E-state index contributed by atoms with van der Waals surface area (Å²) < 4.78 is 5.64. The fraction of sp³-hybridized carbons (Fsp3) is 0.667. The fourth-order valence-corrected chi connectivity index (χ4v) is 5.19. The number of ether oxygens (including phenoxy) is 1. The van der Waals surface area contributed by atoms with Gasteiger partial charge in [-0.1, -0.05) is 43.7 Å². The van der Waals surface area contributed by atoms with Gasteiger partial charge in [0.2, 0.25) is 5.91 Å². The molecule has 4 aliphatic heterocycles. The largest absolute Gasteiger partial charge is 0.372 e. The van der Waals surface area contributed by atoms with Crippen molar-refractivity contribution in [3.63, 3.8) is 0 Å². The van der Waals surface area contributed by atoms with E-state index in [0.29, 0.717) is 30.5 Å². The molecule has 4 heteroatoms. The quantitative estimate of drug-likeness (QED) is 0.745. The molecule has 4 saturated heterocycles. The number of fused-ring (bicyclic) bond motifs is 2. The van der Waals surface area contributed by atoms with Crippen molar-refractivity contribution < 1.29 is 9.53 Å². The van der Waals surface area contributed by atoms with Crippen LogP contribution >= 0.6 is 0 Å². The van der Waals surface area contributed by atoms with Crippen LogP contribution in [-0.2, 0) is 9.53 Å². The molecule has 0 radical (unpaired) electrons. The highest BCUT2D eigenvalue weighted by Gasteiger charge is 2.54. The molecular formula is C21H30N2O2. The molecule has 0 spiro atoms. The van der Waals surface area contributed by atoms with Crippen molar-refractivity contribution >= 4 is 5.91 Å². The van der Waals surface area contributed by atoms with Crippen LogP contribution in [0.4, 0.5) is 0 Å². The summed E-state index contributed by atoms with van der Waals surface area (Å²) in [6.07, 6.45) is 4.62. The van der Waals surface area contributed by atoms with Crippen molar-refractivity contribution in [2.75, 3.05) is 32.8 Å². The first-order chi connectivity index (χ1) is 12.3. The second-order valence-corrected chi connectivity index (χ2v) is 7.82. The van der Waals surface area contributed by atoms with Gasteiger partial charge in [-0.05, 0) is 43.8 Å². The maximum Gasteiger partial charge on any atom is 0.248 e. The third kappa shape index (κ3) is 3.22. The van der Waals surface area contributed by atoms with Gasteiger partial charge >= 0.3 is 0 Å². The maximum absolute atomic E-state index is 12.9. The van der Waals surface area contributed by atoms with Gasteiger partial charge < -0.3 is 9.64 Å². The van der Waals surface area contributed by atoms with Crippen LogP contribution in [0.5, 0.6) is 0 Å². The summed E-state index contributed by atoms with van der Waals surface area (Å²) in [7, 11) is 0. The van der Waals surface area contributed by atoms with Crippen LogP contribution in [0.15, 0.2) is 30.3 Å². The van der Waals surface area contributed by atoms with Gasteiger partial charge in [-0.2, -0.15) is 0 Å². The highest BCUT2D eigenvalue weighted by Crippen LogP contribution is 2.46. The second kappa shape index (κ2) is 7.46. The molecule has 1 aromatic rings. The van der Waals surface area contributed by atoms with Crippen LogP contribution < -0.4 is 0 Å². The maximum atomic E-state index is 12.9. The zero-order valence-electron chi connectivity index (χ0n) is 15.3. The Labute approximate surface area is 151 Å². The van der Waals surface area contributed by atoms with Gasteiger partial charge in [0, 0.05) is 25.1 Å². The lowest BCUT2D eigenvalue weighted by atomic mass is 9.75. The molecule has 1 aromatic carbocycles. The molecule has 0 aromatic heterocycles. The van der Waals surface area contributed by atoms with Crippen LogP contribution in [0.3, 0.4) is 0 Å². The van der Waals surface area contributed by atoms with Crippen LogP contribution in [0.1, 0.15) is 44.1 Å². The summed E-state index contributed by atoms with van der Waals surface area (Å²) >= 11 is 0. The van der Waals surface area contributed by atoms with Gasteiger partial charge in [-0.15, -0.1) is 0 Å². The molecular weight excluding hydrogens is 312 g/mol. The van der Waals surface area contributed by atoms with Crippen LogP contribution in [0.25, 0.3) is 0 Å². The SMILES string of the molecule is CCCCOCC(=O)N1C[C@@H](c2ccccc2)[C@@H]2[C@H]1C1CCN2CC1. The minimum atomic E-state index is 0.193. The molecule has 1 amide bonds. The highest BCUT2D eigenvalue weighted by molar-refractivity contribution is 5.78. The number of carbonyl (C=O) groups is 1. The molecule has 136 valence electrons. The van der Waals surface area contributed by atoms with Crippen molar-refractivity contribution in [3.05, 3.63) is 35.9 Å². The van der Waals surface area contributed by atoms with E-state index in [1.807, 2.05) is 0 Å². The Balaban J connectivity index is 1.53. The summed E-state index contributed by atoms with van der Waals surface area (Å²) in [5, 5.41) is 0. The lowest BCUT2D eigenvalue weighted by Crippen LogP contribution is -2.61. The van der Waals surface area contributed by atoms with Crippen LogP contribution in [0.2, 0.25) is 0 Å². The second-order valence-electron chi connectivity index (χ2n) is 7.82. The van der Waals surface area contributed by atoms with E-state index >= 15 is 0 Å². The Morgan fingerprint density at radius 3 is 2.64 bits per heavy atom. The van der Waals surface area contributed by atoms with E-state index in [2.05, 4.69) is 47.1 Å². The molecule has 0 unspecified atom stereocenters. The molecule has 5 rings (SSSR count). The van der Waals surface area contributed by atoms with E-state index in [9.17, 15) is 4.79 Å². The number of piperidine rings is 3. The molecule has 0 N–H and O–H groups in total. The Bertz CT molecular complexity index is 583. The Morgan fingerprint density at radius 1 is 1.16 bits per heavy atom. The van der Waals surface area contributed by atoms with Gasteiger partial charge in [0.05, 0.1) is 6.04 Å². The van der Waals surface area contributed by atoms with Gasteiger partial charge in [-0.25, -0.2) is 0 Å².